The highest BCUT2D eigenvalue weighted by Gasteiger charge is 2.31. The van der Waals surface area contributed by atoms with Gasteiger partial charge in [0.25, 0.3) is 0 Å². The molecule has 5 nitrogen and oxygen atoms in total. The van der Waals surface area contributed by atoms with Crippen molar-refractivity contribution in [1.82, 2.24) is 14.5 Å². The van der Waals surface area contributed by atoms with Crippen molar-refractivity contribution in [2.45, 2.75) is 39.9 Å². The number of anilines is 1. The topological polar surface area (TPSA) is 59.8 Å². The monoisotopic (exact) mass is 382 g/mol. The van der Waals surface area contributed by atoms with Crippen LogP contribution in [0, 0.1) is 5.41 Å². The molecule has 0 fully saturated rings. The molecule has 0 unspecified atom stereocenters. The van der Waals surface area contributed by atoms with Crippen molar-refractivity contribution in [2.75, 3.05) is 5.32 Å². The van der Waals surface area contributed by atoms with E-state index in [2.05, 4.69) is 15.3 Å². The lowest BCUT2D eigenvalue weighted by atomic mass is 9.92. The minimum atomic E-state index is -4.52. The highest BCUT2D eigenvalue weighted by atomic mass is 35.5. The van der Waals surface area contributed by atoms with Crippen LogP contribution in [0.3, 0.4) is 0 Å². The molecule has 0 aliphatic carbocycles. The number of hydrogen-bond donors (Lipinski definition) is 1. The number of fused-ring (bicyclic) bond motifs is 1. The van der Waals surface area contributed by atoms with Gasteiger partial charge in [-0.25, -0.2) is 9.97 Å². The van der Waals surface area contributed by atoms with Gasteiger partial charge in [-0.1, -0.05) is 44.0 Å². The highest BCUT2D eigenvalue weighted by Crippen LogP contribution is 2.30. The number of rotatable bonds is 3. The fourth-order valence-corrected chi connectivity index (χ4v) is 2.36. The molecular weight excluding hydrogens is 368 g/mol. The standard InChI is InChI=1S/C14H15Cl2F3N4O/c1-13(2,3)5-9(24)21-12-20-8-4-7(15)10(16)22-11(8)23(12)6-14(17,18)19/h4H,5-6H2,1-3H3,(H,20,21,24). The van der Waals surface area contributed by atoms with Crippen LogP contribution in [0.25, 0.3) is 11.2 Å². The van der Waals surface area contributed by atoms with Crippen LogP contribution < -0.4 is 5.32 Å². The second kappa shape index (κ2) is 6.40. The Morgan fingerprint density at radius 3 is 2.42 bits per heavy atom. The molecule has 2 aromatic heterocycles. The number of nitrogens with zero attached hydrogens (tertiary/aromatic N) is 3. The van der Waals surface area contributed by atoms with Crippen molar-refractivity contribution in [3.63, 3.8) is 0 Å². The maximum atomic E-state index is 12.9. The number of nitrogens with one attached hydrogen (secondary N) is 1. The molecule has 2 heterocycles. The van der Waals surface area contributed by atoms with Gasteiger partial charge in [0.2, 0.25) is 11.9 Å². The Morgan fingerprint density at radius 2 is 1.88 bits per heavy atom. The predicted octanol–water partition coefficient (Wildman–Crippen LogP) is 4.68. The van der Waals surface area contributed by atoms with E-state index in [1.54, 1.807) is 0 Å². The zero-order valence-corrected chi connectivity index (χ0v) is 14.6. The summed E-state index contributed by atoms with van der Waals surface area (Å²) in [5.74, 6) is -0.694. The molecule has 0 radical (unpaired) electrons. The lowest BCUT2D eigenvalue weighted by Crippen LogP contribution is -2.24. The van der Waals surface area contributed by atoms with E-state index in [1.807, 2.05) is 20.8 Å². The van der Waals surface area contributed by atoms with Gasteiger partial charge in [0.15, 0.2) is 5.65 Å². The minimum absolute atomic E-state index is 0.0633. The molecule has 0 aromatic carbocycles. The zero-order chi connectivity index (χ0) is 18.3. The van der Waals surface area contributed by atoms with E-state index >= 15 is 0 Å². The van der Waals surface area contributed by atoms with Crippen LogP contribution in [0.15, 0.2) is 6.07 Å². The van der Waals surface area contributed by atoms with Crippen LogP contribution in [0.4, 0.5) is 19.1 Å². The van der Waals surface area contributed by atoms with Gasteiger partial charge >= 0.3 is 6.18 Å². The Hall–Kier alpha value is -1.54. The van der Waals surface area contributed by atoms with Gasteiger partial charge in [0.1, 0.15) is 17.2 Å². The van der Waals surface area contributed by atoms with Crippen LogP contribution in [-0.4, -0.2) is 26.6 Å². The van der Waals surface area contributed by atoms with Gasteiger partial charge < -0.3 is 0 Å². The lowest BCUT2D eigenvalue weighted by Gasteiger charge is -2.17. The molecule has 0 spiro atoms. The van der Waals surface area contributed by atoms with E-state index in [1.165, 1.54) is 6.07 Å². The number of amides is 1. The van der Waals surface area contributed by atoms with E-state index in [-0.39, 0.29) is 39.1 Å². The van der Waals surface area contributed by atoms with E-state index in [9.17, 15) is 18.0 Å². The molecule has 2 aromatic rings. The maximum Gasteiger partial charge on any atom is 0.406 e. The third kappa shape index (κ3) is 4.73. The first-order chi connectivity index (χ1) is 10.9. The molecule has 0 aliphatic heterocycles. The third-order valence-corrected chi connectivity index (χ3v) is 3.58. The van der Waals surface area contributed by atoms with Gasteiger partial charge in [0.05, 0.1) is 5.02 Å². The van der Waals surface area contributed by atoms with Crippen molar-refractivity contribution in [1.29, 1.82) is 0 Å². The molecule has 1 amide bonds. The summed E-state index contributed by atoms with van der Waals surface area (Å²) >= 11 is 11.6. The number of alkyl halides is 3. The summed E-state index contributed by atoms with van der Waals surface area (Å²) in [7, 11) is 0. The molecule has 0 saturated heterocycles. The number of halogens is 5. The van der Waals surface area contributed by atoms with E-state index < -0.39 is 18.6 Å². The Balaban J connectivity index is 2.47. The second-order valence-electron chi connectivity index (χ2n) is 6.53. The van der Waals surface area contributed by atoms with Gasteiger partial charge in [-0.05, 0) is 11.5 Å². The number of carbonyl (C=O) groups excluding carboxylic acids is 1. The molecule has 0 bridgehead atoms. The van der Waals surface area contributed by atoms with Crippen LogP contribution in [0.2, 0.25) is 10.2 Å². The highest BCUT2D eigenvalue weighted by molar-refractivity contribution is 6.41. The Kier molecular flexibility index (Phi) is 5.01. The van der Waals surface area contributed by atoms with Gasteiger partial charge in [-0.2, -0.15) is 13.2 Å². The number of hydrogen-bond acceptors (Lipinski definition) is 3. The van der Waals surface area contributed by atoms with Crippen molar-refractivity contribution in [3.8, 4) is 0 Å². The van der Waals surface area contributed by atoms with E-state index in [4.69, 9.17) is 23.2 Å². The van der Waals surface area contributed by atoms with E-state index in [0.29, 0.717) is 0 Å². The first kappa shape index (κ1) is 18.8. The first-order valence-corrected chi connectivity index (χ1v) is 7.70. The SMILES string of the molecule is CC(C)(C)CC(=O)Nc1nc2cc(Cl)c(Cl)nc2n1CC(F)(F)F. The molecule has 2 rings (SSSR count). The number of aromatic nitrogens is 3. The normalized spacial score (nSPS) is 12.7. The molecule has 0 atom stereocenters. The van der Waals surface area contributed by atoms with Crippen LogP contribution in [0.1, 0.15) is 27.2 Å². The predicted molar refractivity (Wildman–Crippen MR) is 86.3 cm³/mol. The number of carbonyl (C=O) groups is 1. The van der Waals surface area contributed by atoms with Gasteiger partial charge in [-0.15, -0.1) is 0 Å². The minimum Gasteiger partial charge on any atom is -0.296 e. The molecular formula is C14H15Cl2F3N4O. The summed E-state index contributed by atoms with van der Waals surface area (Å²) in [5, 5.41) is 2.33. The smallest absolute Gasteiger partial charge is 0.296 e. The molecule has 0 saturated carbocycles. The maximum absolute atomic E-state index is 12.9. The first-order valence-electron chi connectivity index (χ1n) is 6.94. The van der Waals surface area contributed by atoms with Crippen molar-refractivity contribution < 1.29 is 18.0 Å². The average molecular weight is 383 g/mol. The summed E-state index contributed by atoms with van der Waals surface area (Å²) in [6, 6.07) is 1.30. The van der Waals surface area contributed by atoms with Crippen LogP contribution in [-0.2, 0) is 11.3 Å². The Bertz CT molecular complexity index is 781. The zero-order valence-electron chi connectivity index (χ0n) is 13.1. The fraction of sp³-hybridized carbons (Fsp3) is 0.500. The fourth-order valence-electron chi connectivity index (χ4n) is 2.08. The third-order valence-electron chi connectivity index (χ3n) is 2.91. The van der Waals surface area contributed by atoms with Crippen LogP contribution >= 0.6 is 23.2 Å². The molecule has 10 heteroatoms. The Labute approximate surface area is 146 Å². The second-order valence-corrected chi connectivity index (χ2v) is 7.29. The quantitative estimate of drug-likeness (QED) is 0.784. The number of imidazole rings is 1. The van der Waals surface area contributed by atoms with Crippen molar-refractivity contribution in [3.05, 3.63) is 16.2 Å². The summed E-state index contributed by atoms with van der Waals surface area (Å²) in [4.78, 5) is 19.9. The largest absolute Gasteiger partial charge is 0.406 e. The average Bonchev–Trinajstić information content (AvgIpc) is 2.63. The molecule has 132 valence electrons. The lowest BCUT2D eigenvalue weighted by molar-refractivity contribution is -0.139. The van der Waals surface area contributed by atoms with Crippen molar-refractivity contribution >= 4 is 46.2 Å². The number of pyridine rings is 1. The summed E-state index contributed by atoms with van der Waals surface area (Å²) < 4.78 is 39.4. The summed E-state index contributed by atoms with van der Waals surface area (Å²) in [6.07, 6.45) is -4.40. The molecule has 24 heavy (non-hydrogen) atoms. The molecule has 1 N–H and O–H groups in total. The van der Waals surface area contributed by atoms with Gasteiger partial charge in [0, 0.05) is 6.42 Å². The van der Waals surface area contributed by atoms with E-state index in [0.717, 1.165) is 4.57 Å². The van der Waals surface area contributed by atoms with Gasteiger partial charge in [-0.3, -0.25) is 14.7 Å². The summed E-state index contributed by atoms with van der Waals surface area (Å²) in [6.45, 7) is 4.16. The Morgan fingerprint density at radius 1 is 1.25 bits per heavy atom. The summed E-state index contributed by atoms with van der Waals surface area (Å²) in [5.41, 5.74) is -0.317. The van der Waals surface area contributed by atoms with Crippen LogP contribution in [0.5, 0.6) is 0 Å². The van der Waals surface area contributed by atoms with Crippen molar-refractivity contribution in [2.24, 2.45) is 5.41 Å². The molecule has 0 aliphatic rings.